The highest BCUT2D eigenvalue weighted by atomic mass is 16.5. The van der Waals surface area contributed by atoms with Gasteiger partial charge >= 0.3 is 6.03 Å². The summed E-state index contributed by atoms with van der Waals surface area (Å²) in [7, 11) is 3.33. The topological polar surface area (TPSA) is 98.3 Å². The summed E-state index contributed by atoms with van der Waals surface area (Å²) in [5.41, 5.74) is 3.08. The van der Waals surface area contributed by atoms with Crippen molar-refractivity contribution in [2.24, 2.45) is 0 Å². The Morgan fingerprint density at radius 2 is 2.18 bits per heavy atom. The zero-order chi connectivity index (χ0) is 19.9. The second kappa shape index (κ2) is 9.14. The van der Waals surface area contributed by atoms with Gasteiger partial charge in [-0.1, -0.05) is 23.4 Å². The van der Waals surface area contributed by atoms with Crippen LogP contribution in [0.5, 0.6) is 0 Å². The molecule has 0 spiro atoms. The van der Waals surface area contributed by atoms with E-state index in [1.165, 1.54) is 0 Å². The fraction of sp³-hybridized carbons (Fsp3) is 0.368. The van der Waals surface area contributed by atoms with E-state index >= 15 is 0 Å². The van der Waals surface area contributed by atoms with Gasteiger partial charge in [0, 0.05) is 25.9 Å². The lowest BCUT2D eigenvalue weighted by molar-refractivity contribution is 0.192. The number of benzene rings is 1. The van der Waals surface area contributed by atoms with Crippen LogP contribution >= 0.6 is 0 Å². The van der Waals surface area contributed by atoms with Crippen molar-refractivity contribution >= 4 is 6.03 Å². The van der Waals surface area contributed by atoms with Crippen molar-refractivity contribution in [2.45, 2.75) is 26.4 Å². The smallest absolute Gasteiger partial charge is 0.317 e. The summed E-state index contributed by atoms with van der Waals surface area (Å²) in [6.07, 6.45) is 4.23. The van der Waals surface area contributed by atoms with E-state index in [-0.39, 0.29) is 12.6 Å². The second-order valence-corrected chi connectivity index (χ2v) is 6.44. The Morgan fingerprint density at radius 1 is 1.36 bits per heavy atom. The largest absolute Gasteiger partial charge is 0.384 e. The van der Waals surface area contributed by atoms with Crippen molar-refractivity contribution in [3.63, 3.8) is 0 Å². The van der Waals surface area contributed by atoms with Crippen LogP contribution in [0.3, 0.4) is 0 Å². The average Bonchev–Trinajstić information content (AvgIpc) is 3.34. The molecule has 9 nitrogen and oxygen atoms in total. The number of ether oxygens (including phenoxy) is 1. The molecule has 0 aliphatic rings. The second-order valence-electron chi connectivity index (χ2n) is 6.44. The van der Waals surface area contributed by atoms with Gasteiger partial charge in [0.1, 0.15) is 0 Å². The Kier molecular flexibility index (Phi) is 6.38. The van der Waals surface area contributed by atoms with Crippen molar-refractivity contribution in [2.75, 3.05) is 20.8 Å². The Balaban J connectivity index is 1.52. The fourth-order valence-electron chi connectivity index (χ4n) is 2.68. The molecule has 0 atom stereocenters. The molecule has 1 aromatic carbocycles. The first-order valence-electron chi connectivity index (χ1n) is 8.95. The lowest BCUT2D eigenvalue weighted by atomic mass is 10.2. The maximum absolute atomic E-state index is 12.3. The van der Waals surface area contributed by atoms with Gasteiger partial charge in [-0.3, -0.25) is 0 Å². The molecular formula is C19H24N6O3. The summed E-state index contributed by atoms with van der Waals surface area (Å²) in [5.74, 6) is 0.920. The van der Waals surface area contributed by atoms with Crippen LogP contribution in [0.2, 0.25) is 0 Å². The van der Waals surface area contributed by atoms with Crippen LogP contribution in [0.25, 0.3) is 5.69 Å². The molecule has 148 valence electrons. The number of amides is 2. The van der Waals surface area contributed by atoms with E-state index in [1.54, 1.807) is 25.3 Å². The third kappa shape index (κ3) is 4.95. The quantitative estimate of drug-likeness (QED) is 0.639. The molecule has 0 aliphatic carbocycles. The predicted molar refractivity (Wildman–Crippen MR) is 102 cm³/mol. The molecule has 28 heavy (non-hydrogen) atoms. The lowest BCUT2D eigenvalue weighted by Gasteiger charge is -2.16. The van der Waals surface area contributed by atoms with Crippen LogP contribution in [-0.2, 0) is 24.2 Å². The van der Waals surface area contributed by atoms with Crippen LogP contribution in [0.4, 0.5) is 4.79 Å². The molecule has 0 saturated carbocycles. The van der Waals surface area contributed by atoms with Crippen LogP contribution in [-0.4, -0.2) is 51.6 Å². The molecule has 2 heterocycles. The van der Waals surface area contributed by atoms with Gasteiger partial charge < -0.3 is 19.5 Å². The first kappa shape index (κ1) is 19.6. The minimum absolute atomic E-state index is 0.197. The summed E-state index contributed by atoms with van der Waals surface area (Å²) in [5, 5.41) is 11.0. The van der Waals surface area contributed by atoms with Crippen LogP contribution in [0.15, 0.2) is 41.2 Å². The minimum Gasteiger partial charge on any atom is -0.384 e. The summed E-state index contributed by atoms with van der Waals surface area (Å²) in [6, 6.07) is 7.78. The Hall–Kier alpha value is -3.20. The number of urea groups is 1. The van der Waals surface area contributed by atoms with E-state index in [4.69, 9.17) is 9.26 Å². The predicted octanol–water partition coefficient (Wildman–Crippen LogP) is 2.09. The van der Waals surface area contributed by atoms with Gasteiger partial charge in [-0.15, -0.1) is 0 Å². The van der Waals surface area contributed by atoms with Gasteiger partial charge in [-0.25, -0.2) is 9.48 Å². The number of methoxy groups -OCH3 is 1. The molecule has 0 bridgehead atoms. The highest BCUT2D eigenvalue weighted by Gasteiger charge is 2.13. The van der Waals surface area contributed by atoms with E-state index in [0.29, 0.717) is 31.3 Å². The molecule has 2 aromatic heterocycles. The summed E-state index contributed by atoms with van der Waals surface area (Å²) in [4.78, 5) is 18.1. The Labute approximate surface area is 163 Å². The third-order valence-corrected chi connectivity index (χ3v) is 4.19. The Bertz CT molecular complexity index is 920. The molecule has 0 radical (unpaired) electrons. The monoisotopic (exact) mass is 384 g/mol. The minimum atomic E-state index is -0.230. The van der Waals surface area contributed by atoms with Gasteiger partial charge in [0.2, 0.25) is 5.89 Å². The molecule has 9 heteroatoms. The summed E-state index contributed by atoms with van der Waals surface area (Å²) in [6.45, 7) is 3.17. The van der Waals surface area contributed by atoms with Crippen LogP contribution in [0.1, 0.15) is 22.8 Å². The van der Waals surface area contributed by atoms with Gasteiger partial charge in [0.15, 0.2) is 5.82 Å². The lowest BCUT2D eigenvalue weighted by Crippen LogP contribution is -2.36. The maximum Gasteiger partial charge on any atom is 0.317 e. The molecule has 0 unspecified atom stereocenters. The number of hydrogen-bond acceptors (Lipinski definition) is 6. The average molecular weight is 384 g/mol. The summed E-state index contributed by atoms with van der Waals surface area (Å²) >= 11 is 0. The van der Waals surface area contributed by atoms with E-state index in [0.717, 1.165) is 16.8 Å². The zero-order valence-electron chi connectivity index (χ0n) is 16.3. The number of nitrogens with one attached hydrogen (secondary N) is 1. The Morgan fingerprint density at radius 3 is 2.96 bits per heavy atom. The molecule has 3 aromatic rings. The van der Waals surface area contributed by atoms with Crippen molar-refractivity contribution in [1.82, 2.24) is 30.1 Å². The number of hydrogen-bond donors (Lipinski definition) is 1. The number of aryl methyl sites for hydroxylation is 1. The zero-order valence-corrected chi connectivity index (χ0v) is 16.3. The standard InChI is InChI=1S/C19H24N6O3/c1-14-6-4-5-7-16(14)25-13-15(10-21-25)12-24(2)19(26)20-11-17-22-18(28-23-17)8-9-27-3/h4-7,10,13H,8-9,11-12H2,1-3H3,(H,20,26). The van der Waals surface area contributed by atoms with Crippen LogP contribution < -0.4 is 5.32 Å². The van der Waals surface area contributed by atoms with E-state index in [1.807, 2.05) is 42.1 Å². The third-order valence-electron chi connectivity index (χ3n) is 4.19. The number of carbonyl (C=O) groups excluding carboxylic acids is 1. The van der Waals surface area contributed by atoms with Gasteiger partial charge in [0.25, 0.3) is 0 Å². The van der Waals surface area contributed by atoms with E-state index < -0.39 is 0 Å². The fourth-order valence-corrected chi connectivity index (χ4v) is 2.68. The molecular weight excluding hydrogens is 360 g/mol. The highest BCUT2D eigenvalue weighted by Crippen LogP contribution is 2.14. The molecule has 3 rings (SSSR count). The van der Waals surface area contributed by atoms with Crippen molar-refractivity contribution < 1.29 is 14.1 Å². The molecule has 2 amide bonds. The summed E-state index contributed by atoms with van der Waals surface area (Å²) < 4.78 is 11.9. The molecule has 0 saturated heterocycles. The number of aromatic nitrogens is 4. The van der Waals surface area contributed by atoms with Crippen molar-refractivity contribution in [3.8, 4) is 5.69 Å². The van der Waals surface area contributed by atoms with Crippen LogP contribution in [0, 0.1) is 6.92 Å². The van der Waals surface area contributed by atoms with Gasteiger partial charge in [-0.2, -0.15) is 10.1 Å². The normalized spacial score (nSPS) is 10.8. The molecule has 0 fully saturated rings. The number of rotatable bonds is 8. The van der Waals surface area contributed by atoms with Crippen molar-refractivity contribution in [1.29, 1.82) is 0 Å². The van der Waals surface area contributed by atoms with E-state index in [2.05, 4.69) is 20.6 Å². The first-order valence-corrected chi connectivity index (χ1v) is 8.95. The molecule has 1 N–H and O–H groups in total. The number of nitrogens with zero attached hydrogens (tertiary/aromatic N) is 5. The number of carbonyl (C=O) groups is 1. The SMILES string of the molecule is COCCc1nc(CNC(=O)N(C)Cc2cnn(-c3ccccc3C)c2)no1. The maximum atomic E-state index is 12.3. The van der Waals surface area contributed by atoms with Gasteiger partial charge in [0.05, 0.1) is 38.0 Å². The van der Waals surface area contributed by atoms with E-state index in [9.17, 15) is 4.79 Å². The molecule has 0 aliphatic heterocycles. The van der Waals surface area contributed by atoms with Crippen molar-refractivity contribution in [3.05, 3.63) is 59.5 Å². The number of para-hydroxylation sites is 1. The first-order chi connectivity index (χ1) is 13.6. The highest BCUT2D eigenvalue weighted by molar-refractivity contribution is 5.73. The van der Waals surface area contributed by atoms with Gasteiger partial charge in [-0.05, 0) is 18.6 Å².